The van der Waals surface area contributed by atoms with E-state index in [1.54, 1.807) is 19.1 Å². The van der Waals surface area contributed by atoms with Crippen LogP contribution >= 0.6 is 0 Å². The maximum Gasteiger partial charge on any atom is 0.260 e. The average Bonchev–Trinajstić information content (AvgIpc) is 2.45. The molecule has 0 heterocycles. The van der Waals surface area contributed by atoms with E-state index in [-0.39, 0.29) is 16.8 Å². The molecular formula is C15H24N2O4S. The quantitative estimate of drug-likeness (QED) is 0.760. The van der Waals surface area contributed by atoms with Crippen LogP contribution in [-0.2, 0) is 14.8 Å². The van der Waals surface area contributed by atoms with Crippen molar-refractivity contribution < 1.29 is 17.9 Å². The summed E-state index contributed by atoms with van der Waals surface area (Å²) in [6, 6.07) is 6.04. The first-order valence-electron chi connectivity index (χ1n) is 7.33. The number of amides is 1. The van der Waals surface area contributed by atoms with Crippen LogP contribution in [0.2, 0.25) is 0 Å². The van der Waals surface area contributed by atoms with E-state index >= 15 is 0 Å². The van der Waals surface area contributed by atoms with Gasteiger partial charge in [-0.2, -0.15) is 0 Å². The van der Waals surface area contributed by atoms with Gasteiger partial charge in [-0.3, -0.25) is 4.79 Å². The van der Waals surface area contributed by atoms with Crippen LogP contribution in [0.3, 0.4) is 0 Å². The van der Waals surface area contributed by atoms with Gasteiger partial charge < -0.3 is 10.1 Å². The minimum atomic E-state index is -3.48. The van der Waals surface area contributed by atoms with Gasteiger partial charge in [-0.1, -0.05) is 6.92 Å². The van der Waals surface area contributed by atoms with Crippen molar-refractivity contribution in [2.75, 3.05) is 6.54 Å². The van der Waals surface area contributed by atoms with E-state index in [0.29, 0.717) is 12.3 Å². The van der Waals surface area contributed by atoms with Crippen LogP contribution in [0.15, 0.2) is 29.2 Å². The molecule has 0 aliphatic heterocycles. The Morgan fingerprint density at radius 2 is 1.77 bits per heavy atom. The summed E-state index contributed by atoms with van der Waals surface area (Å²) < 4.78 is 31.9. The number of nitrogens with one attached hydrogen (secondary N) is 2. The highest BCUT2D eigenvalue weighted by Crippen LogP contribution is 2.17. The summed E-state index contributed by atoms with van der Waals surface area (Å²) in [6.07, 6.45) is 0.0752. The number of hydrogen-bond acceptors (Lipinski definition) is 4. The van der Waals surface area contributed by atoms with Gasteiger partial charge in [0.05, 0.1) is 4.90 Å². The van der Waals surface area contributed by atoms with E-state index in [1.165, 1.54) is 12.1 Å². The molecule has 0 spiro atoms. The summed E-state index contributed by atoms with van der Waals surface area (Å²) in [5.74, 6) is 0.233. The molecule has 1 aromatic rings. The predicted molar refractivity (Wildman–Crippen MR) is 85.3 cm³/mol. The van der Waals surface area contributed by atoms with Crippen LogP contribution < -0.4 is 14.8 Å². The van der Waals surface area contributed by atoms with E-state index < -0.39 is 16.1 Å². The number of rotatable bonds is 8. The lowest BCUT2D eigenvalue weighted by molar-refractivity contribution is -0.127. The normalized spacial score (nSPS) is 13.0. The van der Waals surface area contributed by atoms with E-state index in [4.69, 9.17) is 4.74 Å². The fourth-order valence-electron chi connectivity index (χ4n) is 1.68. The molecule has 124 valence electrons. The number of ether oxygens (including phenoxy) is 1. The molecule has 2 N–H and O–H groups in total. The zero-order valence-corrected chi connectivity index (χ0v) is 14.2. The van der Waals surface area contributed by atoms with Gasteiger partial charge in [0, 0.05) is 12.6 Å². The second-order valence-corrected chi connectivity index (χ2v) is 7.06. The molecule has 22 heavy (non-hydrogen) atoms. The Hall–Kier alpha value is -1.60. The first-order chi connectivity index (χ1) is 10.3. The third-order valence-corrected chi connectivity index (χ3v) is 4.27. The standard InChI is InChI=1S/C15H24N2O4S/c1-5-10-16-22(19,20)14-8-6-13(7-9-14)21-12(4)15(18)17-11(2)3/h6-9,11-12,16H,5,10H2,1-4H3,(H,17,18)/t12-/m0/s1. The Bertz CT molecular complexity index is 582. The molecule has 0 unspecified atom stereocenters. The van der Waals surface area contributed by atoms with Crippen molar-refractivity contribution in [3.8, 4) is 5.75 Å². The first kappa shape index (κ1) is 18.4. The van der Waals surface area contributed by atoms with Gasteiger partial charge in [-0.05, 0) is 51.5 Å². The Labute approximate surface area is 132 Å². The number of hydrogen-bond donors (Lipinski definition) is 2. The lowest BCUT2D eigenvalue weighted by Crippen LogP contribution is -2.40. The summed E-state index contributed by atoms with van der Waals surface area (Å²) in [6.45, 7) is 7.67. The van der Waals surface area contributed by atoms with Crippen molar-refractivity contribution in [1.29, 1.82) is 0 Å². The minimum absolute atomic E-state index is 0.0377. The molecule has 1 rings (SSSR count). The number of carbonyl (C=O) groups is 1. The van der Waals surface area contributed by atoms with Crippen LogP contribution in [0.4, 0.5) is 0 Å². The molecule has 1 amide bonds. The van der Waals surface area contributed by atoms with Crippen molar-refractivity contribution in [1.82, 2.24) is 10.0 Å². The molecule has 0 bridgehead atoms. The molecule has 1 aromatic carbocycles. The second-order valence-electron chi connectivity index (χ2n) is 5.29. The average molecular weight is 328 g/mol. The maximum absolute atomic E-state index is 11.9. The van der Waals surface area contributed by atoms with Crippen LogP contribution in [0.25, 0.3) is 0 Å². The molecule has 7 heteroatoms. The van der Waals surface area contributed by atoms with E-state index in [1.807, 2.05) is 20.8 Å². The Morgan fingerprint density at radius 1 is 1.18 bits per heavy atom. The van der Waals surface area contributed by atoms with E-state index in [0.717, 1.165) is 6.42 Å². The van der Waals surface area contributed by atoms with Crippen molar-refractivity contribution in [3.63, 3.8) is 0 Å². The van der Waals surface area contributed by atoms with Gasteiger partial charge in [0.25, 0.3) is 5.91 Å². The van der Waals surface area contributed by atoms with Gasteiger partial charge >= 0.3 is 0 Å². The molecule has 0 radical (unpaired) electrons. The second kappa shape index (κ2) is 8.14. The van der Waals surface area contributed by atoms with Crippen LogP contribution in [0.1, 0.15) is 34.1 Å². The van der Waals surface area contributed by atoms with Crippen LogP contribution in [-0.4, -0.2) is 33.0 Å². The lowest BCUT2D eigenvalue weighted by atomic mass is 10.3. The highest BCUT2D eigenvalue weighted by Gasteiger charge is 2.16. The fraction of sp³-hybridized carbons (Fsp3) is 0.533. The summed E-state index contributed by atoms with van der Waals surface area (Å²) >= 11 is 0. The molecule has 0 aromatic heterocycles. The van der Waals surface area contributed by atoms with Crippen molar-refractivity contribution in [2.24, 2.45) is 0 Å². The van der Waals surface area contributed by atoms with Gasteiger partial charge in [0.15, 0.2) is 6.10 Å². The number of sulfonamides is 1. The Morgan fingerprint density at radius 3 is 2.27 bits per heavy atom. The van der Waals surface area contributed by atoms with Crippen molar-refractivity contribution >= 4 is 15.9 Å². The Kier molecular flexibility index (Phi) is 6.83. The minimum Gasteiger partial charge on any atom is -0.481 e. The smallest absolute Gasteiger partial charge is 0.260 e. The summed E-state index contributed by atoms with van der Waals surface area (Å²) in [4.78, 5) is 11.9. The monoisotopic (exact) mass is 328 g/mol. The molecular weight excluding hydrogens is 304 g/mol. The van der Waals surface area contributed by atoms with Crippen LogP contribution in [0, 0.1) is 0 Å². The number of benzene rings is 1. The van der Waals surface area contributed by atoms with Gasteiger partial charge in [0.2, 0.25) is 10.0 Å². The van der Waals surface area contributed by atoms with Gasteiger partial charge in [0.1, 0.15) is 5.75 Å². The topological polar surface area (TPSA) is 84.5 Å². The summed E-state index contributed by atoms with van der Waals surface area (Å²) in [7, 11) is -3.48. The van der Waals surface area contributed by atoms with E-state index in [9.17, 15) is 13.2 Å². The third kappa shape index (κ3) is 5.65. The number of carbonyl (C=O) groups excluding carboxylic acids is 1. The molecule has 0 saturated heterocycles. The molecule has 0 fully saturated rings. The highest BCUT2D eigenvalue weighted by molar-refractivity contribution is 7.89. The molecule has 0 aliphatic carbocycles. The first-order valence-corrected chi connectivity index (χ1v) is 8.81. The summed E-state index contributed by atoms with van der Waals surface area (Å²) in [5.41, 5.74) is 0. The fourth-order valence-corrected chi connectivity index (χ4v) is 2.81. The Balaban J connectivity index is 2.71. The largest absolute Gasteiger partial charge is 0.481 e. The molecule has 0 saturated carbocycles. The predicted octanol–water partition coefficient (Wildman–Crippen LogP) is 1.67. The summed E-state index contributed by atoms with van der Waals surface area (Å²) in [5, 5.41) is 2.75. The SMILES string of the molecule is CCCNS(=O)(=O)c1ccc(O[C@@H](C)C(=O)NC(C)C)cc1. The van der Waals surface area contributed by atoms with Crippen molar-refractivity contribution in [2.45, 2.75) is 51.2 Å². The maximum atomic E-state index is 11.9. The highest BCUT2D eigenvalue weighted by atomic mass is 32.2. The van der Waals surface area contributed by atoms with Gasteiger partial charge in [-0.25, -0.2) is 13.1 Å². The van der Waals surface area contributed by atoms with Gasteiger partial charge in [-0.15, -0.1) is 0 Å². The molecule has 6 nitrogen and oxygen atoms in total. The van der Waals surface area contributed by atoms with Crippen LogP contribution in [0.5, 0.6) is 5.75 Å². The van der Waals surface area contributed by atoms with Crippen molar-refractivity contribution in [3.05, 3.63) is 24.3 Å². The lowest BCUT2D eigenvalue weighted by Gasteiger charge is -2.16. The third-order valence-electron chi connectivity index (χ3n) is 2.79. The zero-order valence-electron chi connectivity index (χ0n) is 13.4. The zero-order chi connectivity index (χ0) is 16.8. The molecule has 1 atom stereocenters. The van der Waals surface area contributed by atoms with E-state index in [2.05, 4.69) is 10.0 Å². The molecule has 0 aliphatic rings.